The largest absolute Gasteiger partial charge is 0.488 e. The van der Waals surface area contributed by atoms with Gasteiger partial charge in [-0.25, -0.2) is 9.40 Å². The van der Waals surface area contributed by atoms with E-state index < -0.39 is 6.17 Å². The number of benzene rings is 2. The molecule has 0 bridgehead atoms. The Bertz CT molecular complexity index is 969. The molecular formula is C24H28FN3O3. The zero-order valence-electron chi connectivity index (χ0n) is 17.8. The molecule has 0 aromatic heterocycles. The summed E-state index contributed by atoms with van der Waals surface area (Å²) in [6, 6.07) is 13.7. The highest BCUT2D eigenvalue weighted by molar-refractivity contribution is 5.97. The molecule has 0 unspecified atom stereocenters. The lowest BCUT2D eigenvalue weighted by molar-refractivity contribution is -0.0915. The fourth-order valence-electron chi connectivity index (χ4n) is 4.61. The first-order chi connectivity index (χ1) is 15.1. The van der Waals surface area contributed by atoms with Crippen LogP contribution in [0.15, 0.2) is 42.5 Å². The number of halogens is 1. The van der Waals surface area contributed by atoms with Crippen LogP contribution in [0.25, 0.3) is 0 Å². The van der Waals surface area contributed by atoms with Crippen molar-refractivity contribution < 1.29 is 18.8 Å². The monoisotopic (exact) mass is 425 g/mol. The third-order valence-corrected chi connectivity index (χ3v) is 6.19. The van der Waals surface area contributed by atoms with Crippen LogP contribution in [0.4, 0.5) is 4.39 Å². The van der Waals surface area contributed by atoms with Crippen LogP contribution < -0.4 is 9.57 Å². The molecule has 2 atom stereocenters. The fraction of sp³-hybridized carbons (Fsp3) is 0.458. The molecule has 2 aromatic carbocycles. The van der Waals surface area contributed by atoms with Crippen molar-refractivity contribution in [3.05, 3.63) is 59.2 Å². The van der Waals surface area contributed by atoms with Crippen LogP contribution in [-0.4, -0.2) is 59.4 Å². The van der Waals surface area contributed by atoms with Gasteiger partial charge in [-0.15, -0.1) is 5.06 Å². The number of hydrogen-bond donors (Lipinski definition) is 0. The number of alkyl halides is 1. The van der Waals surface area contributed by atoms with Gasteiger partial charge in [0.15, 0.2) is 5.75 Å². The number of carbonyl (C=O) groups is 1. The van der Waals surface area contributed by atoms with Gasteiger partial charge in [-0.2, -0.15) is 0 Å². The molecule has 31 heavy (non-hydrogen) atoms. The second kappa shape index (κ2) is 8.48. The summed E-state index contributed by atoms with van der Waals surface area (Å²) in [4.78, 5) is 19.3. The lowest BCUT2D eigenvalue weighted by Crippen LogP contribution is -2.50. The van der Waals surface area contributed by atoms with Crippen LogP contribution >= 0.6 is 0 Å². The van der Waals surface area contributed by atoms with Crippen molar-refractivity contribution >= 4 is 5.91 Å². The number of carbonyl (C=O) groups excluding carboxylic acids is 1. The van der Waals surface area contributed by atoms with Gasteiger partial charge in [0.2, 0.25) is 0 Å². The second-order valence-corrected chi connectivity index (χ2v) is 8.60. The summed E-state index contributed by atoms with van der Waals surface area (Å²) in [6.45, 7) is 4.92. The van der Waals surface area contributed by atoms with E-state index in [0.717, 1.165) is 19.4 Å². The minimum Gasteiger partial charge on any atom is -0.488 e. The number of ether oxygens (including phenoxy) is 1. The second-order valence-electron chi connectivity index (χ2n) is 8.60. The number of piperidine rings is 1. The van der Waals surface area contributed by atoms with E-state index in [1.54, 1.807) is 23.3 Å². The molecule has 0 spiro atoms. The third kappa shape index (κ3) is 4.25. The van der Waals surface area contributed by atoms with Crippen LogP contribution in [0.2, 0.25) is 0 Å². The van der Waals surface area contributed by atoms with Gasteiger partial charge in [0, 0.05) is 25.7 Å². The van der Waals surface area contributed by atoms with Crippen LogP contribution in [0.3, 0.4) is 0 Å². The minimum atomic E-state index is -0.865. The molecule has 1 amide bonds. The minimum absolute atomic E-state index is 0.0629. The summed E-state index contributed by atoms with van der Waals surface area (Å²) >= 11 is 0. The van der Waals surface area contributed by atoms with Crippen molar-refractivity contribution in [2.45, 2.75) is 45.0 Å². The van der Waals surface area contributed by atoms with Crippen LogP contribution in [0, 0.1) is 0 Å². The zero-order chi connectivity index (χ0) is 21.4. The molecule has 0 aliphatic carbocycles. The summed E-state index contributed by atoms with van der Waals surface area (Å²) in [6.07, 6.45) is 1.24. The average molecular weight is 426 g/mol. The molecule has 3 heterocycles. The van der Waals surface area contributed by atoms with Crippen LogP contribution in [-0.2, 0) is 13.0 Å². The molecule has 0 saturated carbocycles. The molecule has 3 aliphatic rings. The number of nitrogens with zero attached hydrogens (tertiary/aromatic N) is 3. The molecule has 0 radical (unpaired) electrons. The highest BCUT2D eigenvalue weighted by atomic mass is 19.1. The molecule has 164 valence electrons. The van der Waals surface area contributed by atoms with Gasteiger partial charge in [0.25, 0.3) is 5.91 Å². The summed E-state index contributed by atoms with van der Waals surface area (Å²) in [5, 5.41) is 5.60. The molecule has 0 N–H and O–H groups in total. The van der Waals surface area contributed by atoms with Gasteiger partial charge in [-0.3, -0.25) is 9.80 Å². The number of hydroxylamine groups is 2. The van der Waals surface area contributed by atoms with E-state index in [1.165, 1.54) is 11.1 Å². The van der Waals surface area contributed by atoms with Gasteiger partial charge in [0.05, 0.1) is 18.7 Å². The third-order valence-electron chi connectivity index (χ3n) is 6.19. The zero-order valence-corrected chi connectivity index (χ0v) is 17.8. The molecule has 2 aromatic rings. The Morgan fingerprint density at radius 1 is 1.10 bits per heavy atom. The van der Waals surface area contributed by atoms with E-state index in [1.807, 2.05) is 18.0 Å². The first-order valence-electron chi connectivity index (χ1n) is 11.1. The molecular weight excluding hydrogens is 397 g/mol. The quantitative estimate of drug-likeness (QED) is 0.752. The maximum atomic E-state index is 13.7. The predicted molar refractivity (Wildman–Crippen MR) is 114 cm³/mol. The molecule has 7 heteroatoms. The Morgan fingerprint density at radius 3 is 2.77 bits per heavy atom. The highest BCUT2D eigenvalue weighted by Crippen LogP contribution is 2.32. The summed E-state index contributed by atoms with van der Waals surface area (Å²) in [7, 11) is 0. The van der Waals surface area contributed by atoms with E-state index >= 15 is 0 Å². The molecule has 6 nitrogen and oxygen atoms in total. The molecule has 1 saturated heterocycles. The fourth-order valence-corrected chi connectivity index (χ4v) is 4.61. The molecule has 3 aliphatic heterocycles. The van der Waals surface area contributed by atoms with E-state index in [2.05, 4.69) is 23.2 Å². The SMILES string of the molecule is C[C@@H]1CN(N2CCc3ccccc3C2)C(=O)c2ccc(ON3CCC[C@@H](F)C3)cc2O1. The topological polar surface area (TPSA) is 45.2 Å². The molecule has 5 rings (SSSR count). The van der Waals surface area contributed by atoms with Gasteiger partial charge in [-0.05, 0) is 49.4 Å². The number of rotatable bonds is 3. The van der Waals surface area contributed by atoms with Crippen molar-refractivity contribution in [3.8, 4) is 11.5 Å². The van der Waals surface area contributed by atoms with Crippen LogP contribution in [0.1, 0.15) is 41.3 Å². The normalized spacial score (nSPS) is 24.7. The lowest BCUT2D eigenvalue weighted by Gasteiger charge is -2.38. The maximum absolute atomic E-state index is 13.7. The number of hydrazine groups is 1. The number of hydrogen-bond acceptors (Lipinski definition) is 5. The van der Waals surface area contributed by atoms with E-state index in [0.29, 0.717) is 43.1 Å². The summed E-state index contributed by atoms with van der Waals surface area (Å²) in [5.74, 6) is 1.02. The van der Waals surface area contributed by atoms with Gasteiger partial charge < -0.3 is 9.57 Å². The predicted octanol–water partition coefficient (Wildman–Crippen LogP) is 3.61. The molecule has 1 fully saturated rings. The average Bonchev–Trinajstić information content (AvgIpc) is 2.89. The van der Waals surface area contributed by atoms with Crippen molar-refractivity contribution in [2.75, 3.05) is 26.2 Å². The Balaban J connectivity index is 1.36. The lowest BCUT2D eigenvalue weighted by atomic mass is 10.0. The number of fused-ring (bicyclic) bond motifs is 2. The summed E-state index contributed by atoms with van der Waals surface area (Å²) in [5.41, 5.74) is 3.13. The highest BCUT2D eigenvalue weighted by Gasteiger charge is 2.33. The van der Waals surface area contributed by atoms with Gasteiger partial charge >= 0.3 is 0 Å². The Hall–Kier alpha value is -2.64. The Labute approximate surface area is 182 Å². The summed E-state index contributed by atoms with van der Waals surface area (Å²) < 4.78 is 19.8. The van der Waals surface area contributed by atoms with E-state index in [4.69, 9.17) is 9.57 Å². The maximum Gasteiger partial charge on any atom is 0.272 e. The Kier molecular flexibility index (Phi) is 5.54. The van der Waals surface area contributed by atoms with Gasteiger partial charge in [0.1, 0.15) is 18.0 Å². The van der Waals surface area contributed by atoms with Crippen molar-refractivity contribution in [2.24, 2.45) is 0 Å². The van der Waals surface area contributed by atoms with Crippen LogP contribution in [0.5, 0.6) is 11.5 Å². The first-order valence-corrected chi connectivity index (χ1v) is 11.1. The Morgan fingerprint density at radius 2 is 1.94 bits per heavy atom. The van der Waals surface area contributed by atoms with Crippen molar-refractivity contribution in [3.63, 3.8) is 0 Å². The standard InChI is InChI=1S/C24H28FN3O3/c1-17-14-28(26-12-10-18-5-2-3-6-19(18)15-26)24(29)22-9-8-21(13-23(22)30-17)31-27-11-4-7-20(25)16-27/h2-3,5-6,8-9,13,17,20H,4,7,10-12,14-16H2,1H3/t17-,20-/m1/s1. The number of amides is 1. The van der Waals surface area contributed by atoms with E-state index in [9.17, 15) is 9.18 Å². The van der Waals surface area contributed by atoms with Crippen molar-refractivity contribution in [1.82, 2.24) is 15.1 Å². The smallest absolute Gasteiger partial charge is 0.272 e. The van der Waals surface area contributed by atoms with E-state index in [-0.39, 0.29) is 18.6 Å². The van der Waals surface area contributed by atoms with Crippen molar-refractivity contribution in [1.29, 1.82) is 0 Å². The van der Waals surface area contributed by atoms with Gasteiger partial charge in [-0.1, -0.05) is 24.3 Å². The first kappa shape index (κ1) is 20.3.